The summed E-state index contributed by atoms with van der Waals surface area (Å²) in [5.74, 6) is 0.725. The molecule has 4 unspecified atom stereocenters. The van der Waals surface area contributed by atoms with Crippen LogP contribution in [0.15, 0.2) is 30.0 Å². The normalized spacial score (nSPS) is 37.2. The summed E-state index contributed by atoms with van der Waals surface area (Å²) in [5, 5.41) is 0. The molecule has 4 aliphatic heterocycles. The molecule has 0 N–H and O–H groups in total. The highest BCUT2D eigenvalue weighted by Crippen LogP contribution is 2.52. The molecule has 4 heterocycles. The summed E-state index contributed by atoms with van der Waals surface area (Å²) in [4.78, 5) is 2.64. The largest absolute Gasteiger partial charge is 0.367 e. The van der Waals surface area contributed by atoms with Gasteiger partial charge >= 0.3 is 0 Å². The Hall–Kier alpha value is -1.28. The molecule has 0 saturated carbocycles. The van der Waals surface area contributed by atoms with Gasteiger partial charge < -0.3 is 9.64 Å². The fourth-order valence-electron chi connectivity index (χ4n) is 4.78. The third kappa shape index (κ3) is 1.38. The van der Waals surface area contributed by atoms with Gasteiger partial charge in [-0.05, 0) is 48.3 Å². The molecule has 4 atom stereocenters. The second-order valence-electron chi connectivity index (χ2n) is 6.84. The van der Waals surface area contributed by atoms with E-state index >= 15 is 0 Å². The zero-order valence-corrected chi connectivity index (χ0v) is 12.0. The standard InChI is InChI=1S/C18H21NO/c1-11-9-16(19-8-2-3-15(11)19)12-4-5-13-14(10-12)18-7-6-17(13)20-18/h3-5,10-11,16-18H,2,6-9H2,1H3. The Balaban J connectivity index is 1.54. The lowest BCUT2D eigenvalue weighted by molar-refractivity contribution is 0.0716. The van der Waals surface area contributed by atoms with Crippen molar-refractivity contribution in [1.82, 2.24) is 4.90 Å². The number of benzene rings is 1. The number of ether oxygens (including phenoxy) is 1. The monoisotopic (exact) mass is 267 g/mol. The molecule has 1 aromatic carbocycles. The van der Waals surface area contributed by atoms with Crippen molar-refractivity contribution >= 4 is 0 Å². The van der Waals surface area contributed by atoms with Crippen LogP contribution in [0.25, 0.3) is 0 Å². The minimum absolute atomic E-state index is 0.391. The number of hydrogen-bond donors (Lipinski definition) is 0. The summed E-state index contributed by atoms with van der Waals surface area (Å²) < 4.78 is 6.04. The molecule has 0 radical (unpaired) electrons. The summed E-state index contributed by atoms with van der Waals surface area (Å²) in [6, 6.07) is 7.76. The minimum Gasteiger partial charge on any atom is -0.367 e. The fraction of sp³-hybridized carbons (Fsp3) is 0.556. The van der Waals surface area contributed by atoms with Crippen molar-refractivity contribution in [3.8, 4) is 0 Å². The van der Waals surface area contributed by atoms with Crippen LogP contribution in [0.3, 0.4) is 0 Å². The quantitative estimate of drug-likeness (QED) is 0.753. The van der Waals surface area contributed by atoms with Crippen molar-refractivity contribution in [1.29, 1.82) is 0 Å². The summed E-state index contributed by atoms with van der Waals surface area (Å²) in [6.07, 6.45) is 8.18. The molecule has 4 aliphatic rings. The molecule has 2 heteroatoms. The van der Waals surface area contributed by atoms with Crippen molar-refractivity contribution in [2.75, 3.05) is 6.54 Å². The van der Waals surface area contributed by atoms with Crippen LogP contribution in [0, 0.1) is 5.92 Å². The van der Waals surface area contributed by atoms with Crippen molar-refractivity contribution in [3.05, 3.63) is 46.7 Å². The van der Waals surface area contributed by atoms with Gasteiger partial charge in [0, 0.05) is 12.2 Å². The second-order valence-corrected chi connectivity index (χ2v) is 6.84. The highest BCUT2D eigenvalue weighted by atomic mass is 16.5. The van der Waals surface area contributed by atoms with Crippen LogP contribution in [0.5, 0.6) is 0 Å². The topological polar surface area (TPSA) is 12.5 Å². The Morgan fingerprint density at radius 2 is 2.00 bits per heavy atom. The maximum absolute atomic E-state index is 6.04. The molecule has 2 fully saturated rings. The summed E-state index contributed by atoms with van der Waals surface area (Å²) in [6.45, 7) is 3.59. The maximum Gasteiger partial charge on any atom is 0.0838 e. The molecule has 20 heavy (non-hydrogen) atoms. The van der Waals surface area contributed by atoms with Crippen LogP contribution < -0.4 is 0 Å². The first kappa shape index (κ1) is 11.4. The molecular formula is C18H21NO. The van der Waals surface area contributed by atoms with Crippen LogP contribution in [-0.4, -0.2) is 11.4 Å². The first-order valence-corrected chi connectivity index (χ1v) is 8.07. The van der Waals surface area contributed by atoms with E-state index in [1.807, 2.05) is 0 Å². The van der Waals surface area contributed by atoms with E-state index in [0.717, 1.165) is 5.92 Å². The van der Waals surface area contributed by atoms with Crippen LogP contribution in [0.2, 0.25) is 0 Å². The van der Waals surface area contributed by atoms with Crippen LogP contribution in [-0.2, 0) is 4.74 Å². The van der Waals surface area contributed by atoms with Crippen molar-refractivity contribution in [3.63, 3.8) is 0 Å². The highest BCUT2D eigenvalue weighted by molar-refractivity contribution is 5.42. The Bertz CT molecular complexity index is 605. The van der Waals surface area contributed by atoms with Gasteiger partial charge in [0.2, 0.25) is 0 Å². The highest BCUT2D eigenvalue weighted by Gasteiger charge is 2.40. The van der Waals surface area contributed by atoms with Crippen LogP contribution >= 0.6 is 0 Å². The lowest BCUT2D eigenvalue weighted by Crippen LogP contribution is -2.19. The van der Waals surface area contributed by atoms with Gasteiger partial charge in [0.1, 0.15) is 0 Å². The molecule has 2 nitrogen and oxygen atoms in total. The van der Waals surface area contributed by atoms with Gasteiger partial charge in [0.05, 0.1) is 18.2 Å². The fourth-order valence-corrected chi connectivity index (χ4v) is 4.78. The van der Waals surface area contributed by atoms with Crippen molar-refractivity contribution in [2.24, 2.45) is 5.92 Å². The third-order valence-corrected chi connectivity index (χ3v) is 5.72. The molecule has 0 aromatic heterocycles. The molecular weight excluding hydrogens is 246 g/mol. The van der Waals surface area contributed by atoms with Gasteiger partial charge in [-0.2, -0.15) is 0 Å². The van der Waals surface area contributed by atoms with Crippen LogP contribution in [0.4, 0.5) is 0 Å². The van der Waals surface area contributed by atoms with Gasteiger partial charge in [0.25, 0.3) is 0 Å². The number of rotatable bonds is 1. The summed E-state index contributed by atoms with van der Waals surface area (Å²) in [7, 11) is 0. The smallest absolute Gasteiger partial charge is 0.0838 e. The summed E-state index contributed by atoms with van der Waals surface area (Å²) >= 11 is 0. The van der Waals surface area contributed by atoms with E-state index in [4.69, 9.17) is 4.74 Å². The second kappa shape index (κ2) is 3.88. The first-order valence-electron chi connectivity index (χ1n) is 8.07. The zero-order valence-electron chi connectivity index (χ0n) is 12.0. The van der Waals surface area contributed by atoms with Crippen molar-refractivity contribution in [2.45, 2.75) is 50.9 Å². The van der Waals surface area contributed by atoms with Gasteiger partial charge in [-0.15, -0.1) is 0 Å². The Kier molecular flexibility index (Phi) is 2.21. The predicted molar refractivity (Wildman–Crippen MR) is 78.2 cm³/mol. The molecule has 1 aromatic rings. The molecule has 0 spiro atoms. The van der Waals surface area contributed by atoms with E-state index in [1.165, 1.54) is 48.9 Å². The minimum atomic E-state index is 0.391. The average Bonchev–Trinajstić information content (AvgIpc) is 3.20. The predicted octanol–water partition coefficient (Wildman–Crippen LogP) is 4.26. The van der Waals surface area contributed by atoms with E-state index in [1.54, 1.807) is 5.70 Å². The van der Waals surface area contributed by atoms with E-state index < -0.39 is 0 Å². The SMILES string of the molecule is CC1CC(c2ccc3c(c2)C2CCC3O2)N2CCC=C12. The van der Waals surface area contributed by atoms with Crippen LogP contribution in [0.1, 0.15) is 67.5 Å². The molecule has 2 bridgehead atoms. The van der Waals surface area contributed by atoms with Gasteiger partial charge in [0.15, 0.2) is 0 Å². The molecule has 0 amide bonds. The molecule has 2 saturated heterocycles. The van der Waals surface area contributed by atoms with Gasteiger partial charge in [-0.3, -0.25) is 0 Å². The van der Waals surface area contributed by atoms with Gasteiger partial charge in [-0.25, -0.2) is 0 Å². The number of nitrogens with zero attached hydrogens (tertiary/aromatic N) is 1. The zero-order chi connectivity index (χ0) is 13.3. The lowest BCUT2D eigenvalue weighted by atomic mass is 9.88. The first-order chi connectivity index (χ1) is 9.81. The van der Waals surface area contributed by atoms with Gasteiger partial charge in [-0.1, -0.05) is 31.2 Å². The number of allylic oxidation sites excluding steroid dienone is 1. The van der Waals surface area contributed by atoms with E-state index in [2.05, 4.69) is 36.1 Å². The third-order valence-electron chi connectivity index (χ3n) is 5.72. The number of hydrogen-bond acceptors (Lipinski definition) is 2. The summed E-state index contributed by atoms with van der Waals surface area (Å²) in [5.41, 5.74) is 6.06. The average molecular weight is 267 g/mol. The molecule has 5 rings (SSSR count). The van der Waals surface area contributed by atoms with E-state index in [9.17, 15) is 0 Å². The Labute approximate surface area is 120 Å². The Morgan fingerprint density at radius 1 is 1.15 bits per heavy atom. The van der Waals surface area contributed by atoms with Crippen molar-refractivity contribution < 1.29 is 4.74 Å². The van der Waals surface area contributed by atoms with E-state index in [-0.39, 0.29) is 0 Å². The molecule has 0 aliphatic carbocycles. The molecule has 104 valence electrons. The van der Waals surface area contributed by atoms with E-state index in [0.29, 0.717) is 18.2 Å². The Morgan fingerprint density at radius 3 is 2.90 bits per heavy atom. The lowest BCUT2D eigenvalue weighted by Gasteiger charge is -2.25. The maximum atomic E-state index is 6.04. The number of fused-ring (bicyclic) bond motifs is 6.